The van der Waals surface area contributed by atoms with Crippen molar-refractivity contribution in [2.75, 3.05) is 6.54 Å². The third-order valence-corrected chi connectivity index (χ3v) is 9.85. The smallest absolute Gasteiger partial charge is 0.262 e. The Morgan fingerprint density at radius 3 is 2.07 bits per heavy atom. The number of rotatable bonds is 8. The zero-order chi connectivity index (χ0) is 28.1. The van der Waals surface area contributed by atoms with Crippen molar-refractivity contribution in [2.45, 2.75) is 56.7 Å². The monoisotopic (exact) mass is 569 g/mol. The van der Waals surface area contributed by atoms with Gasteiger partial charge in [0.15, 0.2) is 6.04 Å². The molecule has 8 rings (SSSR count). The van der Waals surface area contributed by atoms with Crippen LogP contribution in [0.25, 0.3) is 0 Å². The SMILES string of the molecule is O=C(NC12CC3CC(CC(C3)C1)C2)[C@@H](c1csnn1)N(Cc1ccccc1)C(=O)CN1C(=O)c2ccccc2C1=O. The lowest BCUT2D eigenvalue weighted by atomic mass is 9.53. The molecule has 4 amide bonds. The van der Waals surface area contributed by atoms with Crippen molar-refractivity contribution in [3.8, 4) is 0 Å². The van der Waals surface area contributed by atoms with Gasteiger partial charge in [0.25, 0.3) is 11.8 Å². The molecule has 0 radical (unpaired) electrons. The van der Waals surface area contributed by atoms with Crippen molar-refractivity contribution in [1.82, 2.24) is 24.7 Å². The van der Waals surface area contributed by atoms with Crippen LogP contribution in [0.15, 0.2) is 60.0 Å². The number of carbonyl (C=O) groups is 4. The van der Waals surface area contributed by atoms with Crippen LogP contribution >= 0.6 is 11.5 Å². The summed E-state index contributed by atoms with van der Waals surface area (Å²) in [5.41, 5.74) is 1.49. The Balaban J connectivity index is 1.21. The molecular formula is C31H31N5O4S. The first-order valence-corrected chi connectivity index (χ1v) is 15.1. The summed E-state index contributed by atoms with van der Waals surface area (Å²) in [7, 11) is 0. The van der Waals surface area contributed by atoms with Crippen molar-refractivity contribution >= 4 is 35.2 Å². The zero-order valence-corrected chi connectivity index (χ0v) is 23.4. The summed E-state index contributed by atoms with van der Waals surface area (Å²) in [4.78, 5) is 57.0. The van der Waals surface area contributed by atoms with Crippen molar-refractivity contribution in [1.29, 1.82) is 0 Å². The second-order valence-electron chi connectivity index (χ2n) is 12.2. The maximum atomic E-state index is 14.3. The Labute approximate surface area is 242 Å². The molecule has 0 saturated heterocycles. The summed E-state index contributed by atoms with van der Waals surface area (Å²) < 4.78 is 4.01. The van der Waals surface area contributed by atoms with E-state index in [0.717, 1.165) is 41.3 Å². The van der Waals surface area contributed by atoms with Gasteiger partial charge in [-0.15, -0.1) is 5.10 Å². The fourth-order valence-corrected chi connectivity index (χ4v) is 8.50. The lowest BCUT2D eigenvalue weighted by molar-refractivity contribution is -0.144. The molecule has 4 fully saturated rings. The molecule has 10 heteroatoms. The first-order valence-electron chi connectivity index (χ1n) is 14.3. The highest BCUT2D eigenvalue weighted by molar-refractivity contribution is 7.03. The molecule has 2 heterocycles. The summed E-state index contributed by atoms with van der Waals surface area (Å²) in [6.07, 6.45) is 6.63. The number of nitrogens with zero attached hydrogens (tertiary/aromatic N) is 4. The molecule has 0 spiro atoms. The zero-order valence-electron chi connectivity index (χ0n) is 22.6. The van der Waals surface area contributed by atoms with E-state index in [9.17, 15) is 19.2 Å². The van der Waals surface area contributed by atoms with E-state index in [1.54, 1.807) is 29.6 Å². The van der Waals surface area contributed by atoms with E-state index in [4.69, 9.17) is 0 Å². The Morgan fingerprint density at radius 1 is 0.927 bits per heavy atom. The average molecular weight is 570 g/mol. The number of fused-ring (bicyclic) bond motifs is 1. The molecule has 210 valence electrons. The number of amides is 4. The maximum Gasteiger partial charge on any atom is 0.262 e. The number of hydrogen-bond acceptors (Lipinski definition) is 7. The van der Waals surface area contributed by atoms with Gasteiger partial charge in [-0.1, -0.05) is 47.0 Å². The minimum Gasteiger partial charge on any atom is -0.348 e. The van der Waals surface area contributed by atoms with E-state index < -0.39 is 30.3 Å². The molecule has 4 bridgehead atoms. The van der Waals surface area contributed by atoms with Crippen LogP contribution in [0.4, 0.5) is 0 Å². The lowest BCUT2D eigenvalue weighted by Crippen LogP contribution is -2.61. The molecule has 1 N–H and O–H groups in total. The van der Waals surface area contributed by atoms with Gasteiger partial charge in [0, 0.05) is 17.5 Å². The van der Waals surface area contributed by atoms with E-state index in [1.807, 2.05) is 30.3 Å². The number of aromatic nitrogens is 2. The van der Waals surface area contributed by atoms with Crippen molar-refractivity contribution in [2.24, 2.45) is 17.8 Å². The van der Waals surface area contributed by atoms with E-state index in [-0.39, 0.29) is 29.1 Å². The number of hydrogen-bond donors (Lipinski definition) is 1. The Morgan fingerprint density at radius 2 is 1.51 bits per heavy atom. The highest BCUT2D eigenvalue weighted by Gasteiger charge is 2.52. The predicted molar refractivity (Wildman–Crippen MR) is 150 cm³/mol. The molecule has 4 saturated carbocycles. The third-order valence-electron chi connectivity index (χ3n) is 9.33. The van der Waals surface area contributed by atoms with Crippen LogP contribution in [0.1, 0.15) is 76.5 Å². The first kappa shape index (κ1) is 26.0. The van der Waals surface area contributed by atoms with Gasteiger partial charge in [-0.25, -0.2) is 0 Å². The largest absolute Gasteiger partial charge is 0.348 e. The molecule has 1 atom stereocenters. The van der Waals surface area contributed by atoms with Crippen molar-refractivity contribution in [3.05, 3.63) is 82.4 Å². The van der Waals surface area contributed by atoms with Crippen molar-refractivity contribution in [3.63, 3.8) is 0 Å². The minimum atomic E-state index is -1.05. The third kappa shape index (κ3) is 4.73. The molecule has 41 heavy (non-hydrogen) atoms. The number of carbonyl (C=O) groups excluding carboxylic acids is 4. The van der Waals surface area contributed by atoms with Gasteiger partial charge in [0.1, 0.15) is 12.2 Å². The molecule has 2 aromatic carbocycles. The molecule has 1 aliphatic heterocycles. The second kappa shape index (κ2) is 10.2. The maximum absolute atomic E-state index is 14.3. The van der Waals surface area contributed by atoms with E-state index in [2.05, 4.69) is 14.9 Å². The Bertz CT molecular complexity index is 1440. The highest BCUT2D eigenvalue weighted by Crippen LogP contribution is 2.55. The van der Waals surface area contributed by atoms with Crippen LogP contribution in [-0.4, -0.2) is 55.1 Å². The standard InChI is InChI=1S/C31H31N5O4S/c37-26(17-36-29(39)23-8-4-5-9-24(23)30(36)40)35(16-19-6-2-1-3-7-19)27(25-18-41-34-33-25)28(38)32-31-13-20-10-21(14-31)12-22(11-20)15-31/h1-9,18,20-22,27H,10-17H2,(H,32,38)/t20?,21?,22?,27-,31?/m1/s1. The van der Waals surface area contributed by atoms with Gasteiger partial charge in [-0.05, 0) is 85.5 Å². The van der Waals surface area contributed by atoms with Gasteiger partial charge in [-0.2, -0.15) is 0 Å². The molecule has 3 aromatic rings. The van der Waals surface area contributed by atoms with Crippen LogP contribution in [0.5, 0.6) is 0 Å². The molecule has 9 nitrogen and oxygen atoms in total. The molecule has 5 aliphatic rings. The molecule has 4 aliphatic carbocycles. The van der Waals surface area contributed by atoms with E-state index >= 15 is 0 Å². The first-order chi connectivity index (χ1) is 19.9. The van der Waals surface area contributed by atoms with Crippen LogP contribution in [0.3, 0.4) is 0 Å². The minimum absolute atomic E-state index is 0.110. The topological polar surface area (TPSA) is 113 Å². The van der Waals surface area contributed by atoms with E-state index in [1.165, 1.54) is 24.2 Å². The lowest BCUT2D eigenvalue weighted by Gasteiger charge is -2.57. The number of benzene rings is 2. The predicted octanol–water partition coefficient (Wildman–Crippen LogP) is 3.99. The molecule has 0 unspecified atom stereocenters. The summed E-state index contributed by atoms with van der Waals surface area (Å²) in [6, 6.07) is 14.9. The number of nitrogens with one attached hydrogen (secondary N) is 1. The summed E-state index contributed by atoms with van der Waals surface area (Å²) >= 11 is 1.12. The average Bonchev–Trinajstić information content (AvgIpc) is 3.56. The Hall–Kier alpha value is -3.92. The fraction of sp³-hybridized carbons (Fsp3) is 0.419. The van der Waals surface area contributed by atoms with Crippen LogP contribution < -0.4 is 5.32 Å². The normalized spacial score (nSPS) is 26.6. The van der Waals surface area contributed by atoms with Crippen molar-refractivity contribution < 1.29 is 19.2 Å². The number of imide groups is 1. The van der Waals surface area contributed by atoms with Gasteiger partial charge >= 0.3 is 0 Å². The summed E-state index contributed by atoms with van der Waals surface area (Å²) in [5, 5.41) is 9.34. The van der Waals surface area contributed by atoms with Crippen LogP contribution in [-0.2, 0) is 16.1 Å². The fourth-order valence-electron chi connectivity index (χ4n) is 8.03. The van der Waals surface area contributed by atoms with Crippen LogP contribution in [0.2, 0.25) is 0 Å². The van der Waals surface area contributed by atoms with Gasteiger partial charge < -0.3 is 10.2 Å². The van der Waals surface area contributed by atoms with Gasteiger partial charge in [-0.3, -0.25) is 24.1 Å². The van der Waals surface area contributed by atoms with Gasteiger partial charge in [0.05, 0.1) is 11.1 Å². The Kier molecular flexibility index (Phi) is 6.45. The second-order valence-corrected chi connectivity index (χ2v) is 12.8. The highest BCUT2D eigenvalue weighted by atomic mass is 32.1. The van der Waals surface area contributed by atoms with Gasteiger partial charge in [0.2, 0.25) is 11.8 Å². The molecule has 1 aromatic heterocycles. The quantitative estimate of drug-likeness (QED) is 0.411. The molecular weight excluding hydrogens is 538 g/mol. The van der Waals surface area contributed by atoms with E-state index in [0.29, 0.717) is 23.4 Å². The summed E-state index contributed by atoms with van der Waals surface area (Å²) in [5.74, 6) is 0.0887. The summed E-state index contributed by atoms with van der Waals surface area (Å²) in [6.45, 7) is -0.364. The van der Waals surface area contributed by atoms with Crippen LogP contribution in [0, 0.1) is 17.8 Å².